The Hall–Kier alpha value is -0.600. The van der Waals surface area contributed by atoms with Crippen molar-refractivity contribution in [1.82, 2.24) is 0 Å². The van der Waals surface area contributed by atoms with Crippen LogP contribution in [0.15, 0.2) is 25.3 Å². The fraction of sp³-hybridized carbons (Fsp3) is 0.636. The Morgan fingerprint density at radius 2 is 1.31 bits per heavy atom. The van der Waals surface area contributed by atoms with Crippen LogP contribution in [0.4, 0.5) is 0 Å². The Kier molecular flexibility index (Phi) is 7.65. The lowest BCUT2D eigenvalue weighted by atomic mass is 10.1. The van der Waals surface area contributed by atoms with E-state index in [1.165, 1.54) is 0 Å². The second-order valence-corrected chi connectivity index (χ2v) is 3.29. The maximum atomic E-state index is 9.32. The van der Waals surface area contributed by atoms with Crippen molar-refractivity contribution in [2.24, 2.45) is 0 Å². The molecule has 76 valence electrons. The van der Waals surface area contributed by atoms with E-state index in [-0.39, 0.29) is 12.2 Å². The molecule has 0 fully saturated rings. The maximum absolute atomic E-state index is 9.32. The van der Waals surface area contributed by atoms with Crippen LogP contribution >= 0.6 is 0 Å². The highest BCUT2D eigenvalue weighted by Crippen LogP contribution is 2.09. The summed E-state index contributed by atoms with van der Waals surface area (Å²) in [5, 5.41) is 18.6. The van der Waals surface area contributed by atoms with E-state index in [0.29, 0.717) is 12.8 Å². The first kappa shape index (κ1) is 12.4. The zero-order valence-corrected chi connectivity index (χ0v) is 8.15. The minimum atomic E-state index is -0.298. The summed E-state index contributed by atoms with van der Waals surface area (Å²) in [6, 6.07) is 0. The van der Waals surface area contributed by atoms with E-state index in [1.807, 2.05) is 0 Å². The molecule has 0 aliphatic rings. The first-order valence-electron chi connectivity index (χ1n) is 4.78. The first-order chi connectivity index (χ1) is 6.20. The van der Waals surface area contributed by atoms with Crippen LogP contribution in [-0.2, 0) is 0 Å². The normalized spacial score (nSPS) is 14.9. The summed E-state index contributed by atoms with van der Waals surface area (Å²) in [6.45, 7) is 7.10. The molecular weight excluding hydrogens is 164 g/mol. The van der Waals surface area contributed by atoms with Gasteiger partial charge in [0.25, 0.3) is 0 Å². The van der Waals surface area contributed by atoms with E-state index < -0.39 is 0 Å². The van der Waals surface area contributed by atoms with Gasteiger partial charge in [0.05, 0.1) is 12.2 Å². The van der Waals surface area contributed by atoms with Gasteiger partial charge < -0.3 is 10.2 Å². The molecule has 0 amide bonds. The Bertz CT molecular complexity index is 127. The van der Waals surface area contributed by atoms with Crippen LogP contribution in [0.2, 0.25) is 0 Å². The summed E-state index contributed by atoms with van der Waals surface area (Å²) in [6.07, 6.45) is 6.43. The van der Waals surface area contributed by atoms with E-state index in [0.717, 1.165) is 19.3 Å². The van der Waals surface area contributed by atoms with Gasteiger partial charge in [-0.25, -0.2) is 0 Å². The molecule has 2 nitrogen and oxygen atoms in total. The molecule has 0 aliphatic carbocycles. The first-order valence-corrected chi connectivity index (χ1v) is 4.78. The molecule has 0 saturated heterocycles. The van der Waals surface area contributed by atoms with Crippen molar-refractivity contribution in [3.05, 3.63) is 25.3 Å². The van der Waals surface area contributed by atoms with Crippen LogP contribution in [0.5, 0.6) is 0 Å². The fourth-order valence-electron chi connectivity index (χ4n) is 1.21. The summed E-state index contributed by atoms with van der Waals surface area (Å²) >= 11 is 0. The lowest BCUT2D eigenvalue weighted by Crippen LogP contribution is -2.09. The molecule has 0 radical (unpaired) electrons. The average molecular weight is 184 g/mol. The number of aliphatic hydroxyl groups excluding tert-OH is 2. The highest BCUT2D eigenvalue weighted by molar-refractivity contribution is 4.74. The van der Waals surface area contributed by atoms with Crippen molar-refractivity contribution in [2.75, 3.05) is 0 Å². The highest BCUT2D eigenvalue weighted by Gasteiger charge is 2.04. The predicted octanol–water partition coefficient (Wildman–Crippen LogP) is 2.03. The van der Waals surface area contributed by atoms with Gasteiger partial charge in [-0.15, -0.1) is 13.2 Å². The van der Waals surface area contributed by atoms with Crippen LogP contribution in [0, 0.1) is 0 Å². The minimum absolute atomic E-state index is 0.298. The molecule has 0 aliphatic heterocycles. The van der Waals surface area contributed by atoms with E-state index in [9.17, 15) is 10.2 Å². The number of rotatable bonds is 8. The second-order valence-electron chi connectivity index (χ2n) is 3.29. The molecule has 0 rings (SSSR count). The van der Waals surface area contributed by atoms with Crippen molar-refractivity contribution >= 4 is 0 Å². The lowest BCUT2D eigenvalue weighted by molar-refractivity contribution is 0.137. The molecule has 0 aromatic heterocycles. The number of hydrogen-bond acceptors (Lipinski definition) is 2. The Balaban J connectivity index is 3.32. The smallest absolute Gasteiger partial charge is 0.0574 e. The summed E-state index contributed by atoms with van der Waals surface area (Å²) in [7, 11) is 0. The molecule has 2 atom stereocenters. The van der Waals surface area contributed by atoms with Gasteiger partial charge in [0.2, 0.25) is 0 Å². The molecule has 0 heterocycles. The van der Waals surface area contributed by atoms with E-state index in [2.05, 4.69) is 13.2 Å². The van der Waals surface area contributed by atoms with Gasteiger partial charge in [0, 0.05) is 0 Å². The predicted molar refractivity (Wildman–Crippen MR) is 55.5 cm³/mol. The largest absolute Gasteiger partial charge is 0.393 e. The third kappa shape index (κ3) is 7.75. The summed E-state index contributed by atoms with van der Waals surface area (Å²) in [5.41, 5.74) is 0. The van der Waals surface area contributed by atoms with Gasteiger partial charge in [-0.2, -0.15) is 0 Å². The Labute approximate surface area is 80.6 Å². The SMILES string of the molecule is C=CC[C@H](O)CCC[C@@H](O)CC=C. The quantitative estimate of drug-likeness (QED) is 0.567. The maximum Gasteiger partial charge on any atom is 0.0574 e. The average Bonchev–Trinajstić information content (AvgIpc) is 2.05. The van der Waals surface area contributed by atoms with Gasteiger partial charge >= 0.3 is 0 Å². The fourth-order valence-corrected chi connectivity index (χ4v) is 1.21. The van der Waals surface area contributed by atoms with Gasteiger partial charge in [-0.05, 0) is 32.1 Å². The zero-order chi connectivity index (χ0) is 10.1. The van der Waals surface area contributed by atoms with Crippen molar-refractivity contribution < 1.29 is 10.2 Å². The molecule has 0 aromatic carbocycles. The summed E-state index contributed by atoms with van der Waals surface area (Å²) in [5.74, 6) is 0. The third-order valence-electron chi connectivity index (χ3n) is 1.95. The summed E-state index contributed by atoms with van der Waals surface area (Å²) < 4.78 is 0. The zero-order valence-electron chi connectivity index (χ0n) is 8.15. The lowest BCUT2D eigenvalue weighted by Gasteiger charge is -2.10. The Morgan fingerprint density at radius 1 is 0.923 bits per heavy atom. The highest BCUT2D eigenvalue weighted by atomic mass is 16.3. The molecule has 2 N–H and O–H groups in total. The van der Waals surface area contributed by atoms with Gasteiger partial charge in [0.1, 0.15) is 0 Å². The molecule has 0 spiro atoms. The molecule has 2 heteroatoms. The molecule has 0 unspecified atom stereocenters. The van der Waals surface area contributed by atoms with E-state index in [1.54, 1.807) is 12.2 Å². The van der Waals surface area contributed by atoms with Gasteiger partial charge in [-0.3, -0.25) is 0 Å². The van der Waals surface area contributed by atoms with Gasteiger partial charge in [-0.1, -0.05) is 12.2 Å². The minimum Gasteiger partial charge on any atom is -0.393 e. The second kappa shape index (κ2) is 8.02. The number of hydrogen-bond donors (Lipinski definition) is 2. The van der Waals surface area contributed by atoms with Crippen molar-refractivity contribution in [2.45, 2.75) is 44.3 Å². The molecule has 13 heavy (non-hydrogen) atoms. The van der Waals surface area contributed by atoms with Crippen LogP contribution < -0.4 is 0 Å². The van der Waals surface area contributed by atoms with Crippen LogP contribution in [0.1, 0.15) is 32.1 Å². The van der Waals surface area contributed by atoms with Crippen molar-refractivity contribution in [3.8, 4) is 0 Å². The van der Waals surface area contributed by atoms with Crippen LogP contribution in [0.3, 0.4) is 0 Å². The van der Waals surface area contributed by atoms with E-state index in [4.69, 9.17) is 0 Å². The Morgan fingerprint density at radius 3 is 1.62 bits per heavy atom. The number of aliphatic hydroxyl groups is 2. The van der Waals surface area contributed by atoms with Gasteiger partial charge in [0.15, 0.2) is 0 Å². The summed E-state index contributed by atoms with van der Waals surface area (Å²) in [4.78, 5) is 0. The molecular formula is C11H20O2. The monoisotopic (exact) mass is 184 g/mol. The molecule has 0 bridgehead atoms. The van der Waals surface area contributed by atoms with E-state index >= 15 is 0 Å². The topological polar surface area (TPSA) is 40.5 Å². The van der Waals surface area contributed by atoms with Crippen LogP contribution in [-0.4, -0.2) is 22.4 Å². The van der Waals surface area contributed by atoms with Crippen molar-refractivity contribution in [3.63, 3.8) is 0 Å². The third-order valence-corrected chi connectivity index (χ3v) is 1.95. The molecule has 0 saturated carbocycles. The standard InChI is InChI=1S/C11H20O2/c1-3-6-10(12)8-5-9-11(13)7-4-2/h3-4,10-13H,1-2,5-9H2/t10-,11-/m0/s1. The van der Waals surface area contributed by atoms with Crippen LogP contribution in [0.25, 0.3) is 0 Å². The van der Waals surface area contributed by atoms with Crippen molar-refractivity contribution in [1.29, 1.82) is 0 Å². The molecule has 0 aromatic rings.